The second-order valence-corrected chi connectivity index (χ2v) is 6.89. The van der Waals surface area contributed by atoms with Crippen molar-refractivity contribution < 1.29 is 14.3 Å². The number of aromatic nitrogens is 1. The minimum absolute atomic E-state index is 0.347. The van der Waals surface area contributed by atoms with Crippen molar-refractivity contribution in [1.29, 1.82) is 0 Å². The van der Waals surface area contributed by atoms with Crippen LogP contribution in [0.1, 0.15) is 36.3 Å². The van der Waals surface area contributed by atoms with Gasteiger partial charge in [0.1, 0.15) is 5.54 Å². The Balaban J connectivity index is 2.28. The number of nitrogens with zero attached hydrogens (tertiary/aromatic N) is 1. The van der Waals surface area contributed by atoms with E-state index in [1.807, 2.05) is 31.2 Å². The van der Waals surface area contributed by atoms with Gasteiger partial charge in [0.2, 0.25) is 0 Å². The third-order valence-corrected chi connectivity index (χ3v) is 4.68. The summed E-state index contributed by atoms with van der Waals surface area (Å²) in [5.41, 5.74) is 1.70. The lowest BCUT2D eigenvalue weighted by atomic mass is 9.98. The van der Waals surface area contributed by atoms with E-state index in [0.29, 0.717) is 17.7 Å². The number of ether oxygens (including phenoxy) is 1. The van der Waals surface area contributed by atoms with Crippen molar-refractivity contribution in [3.8, 4) is 11.3 Å². The largest absolute Gasteiger partial charge is 0.467 e. The van der Waals surface area contributed by atoms with Crippen LogP contribution in [-0.4, -0.2) is 29.5 Å². The molecule has 1 heterocycles. The number of carbonyl (C=O) groups excluding carboxylic acids is 2. The van der Waals surface area contributed by atoms with Gasteiger partial charge in [-0.3, -0.25) is 9.78 Å². The molecule has 0 bridgehead atoms. The van der Waals surface area contributed by atoms with Crippen LogP contribution in [0.3, 0.4) is 0 Å². The van der Waals surface area contributed by atoms with Crippen LogP contribution in [0.5, 0.6) is 0 Å². The van der Waals surface area contributed by atoms with E-state index in [2.05, 4.69) is 26.2 Å². The maximum atomic E-state index is 12.6. The van der Waals surface area contributed by atoms with E-state index in [1.165, 1.54) is 7.11 Å². The monoisotopic (exact) mass is 404 g/mol. The molecule has 0 aliphatic carbocycles. The van der Waals surface area contributed by atoms with E-state index in [9.17, 15) is 9.59 Å². The minimum Gasteiger partial charge on any atom is -0.467 e. The molecule has 0 aliphatic heterocycles. The van der Waals surface area contributed by atoms with Crippen molar-refractivity contribution in [2.45, 2.75) is 32.7 Å². The van der Waals surface area contributed by atoms with E-state index in [-0.39, 0.29) is 5.91 Å². The number of esters is 1. The number of nitrogens with one attached hydrogen (secondary N) is 1. The van der Waals surface area contributed by atoms with Gasteiger partial charge in [0.25, 0.3) is 5.91 Å². The molecule has 0 radical (unpaired) electrons. The van der Waals surface area contributed by atoms with Crippen LogP contribution in [0.25, 0.3) is 11.3 Å². The first-order chi connectivity index (χ1) is 11.8. The standard InChI is InChI=1S/C19H21BrN2O3/c1-5-19(3,18(24)25-4)22-17(23)15-9-10-16(21-12(15)2)13-7-6-8-14(20)11-13/h6-11H,5H2,1-4H3,(H,22,23). The number of halogens is 1. The number of amides is 1. The molecule has 1 aromatic carbocycles. The molecule has 25 heavy (non-hydrogen) atoms. The molecule has 0 spiro atoms. The minimum atomic E-state index is -1.07. The molecule has 1 aromatic heterocycles. The maximum absolute atomic E-state index is 12.6. The molecule has 1 atom stereocenters. The Labute approximate surface area is 155 Å². The smallest absolute Gasteiger partial charge is 0.331 e. The first-order valence-electron chi connectivity index (χ1n) is 7.95. The Kier molecular flexibility index (Phi) is 5.95. The lowest BCUT2D eigenvalue weighted by Crippen LogP contribution is -2.52. The molecule has 1 unspecified atom stereocenters. The molecule has 1 N–H and O–H groups in total. The van der Waals surface area contributed by atoms with E-state index in [1.54, 1.807) is 26.0 Å². The summed E-state index contributed by atoms with van der Waals surface area (Å²) in [4.78, 5) is 29.1. The summed E-state index contributed by atoms with van der Waals surface area (Å²) in [5.74, 6) is -0.819. The fourth-order valence-electron chi connectivity index (χ4n) is 2.44. The van der Waals surface area contributed by atoms with Crippen molar-refractivity contribution in [2.75, 3.05) is 7.11 Å². The third-order valence-electron chi connectivity index (χ3n) is 4.18. The van der Waals surface area contributed by atoms with Crippen LogP contribution in [-0.2, 0) is 9.53 Å². The van der Waals surface area contributed by atoms with Gasteiger partial charge in [-0.1, -0.05) is 35.0 Å². The highest BCUT2D eigenvalue weighted by molar-refractivity contribution is 9.10. The number of aryl methyl sites for hydroxylation is 1. The van der Waals surface area contributed by atoms with Crippen LogP contribution in [0.2, 0.25) is 0 Å². The van der Waals surface area contributed by atoms with Gasteiger partial charge in [0.15, 0.2) is 0 Å². The van der Waals surface area contributed by atoms with Crippen LogP contribution in [0, 0.1) is 6.92 Å². The van der Waals surface area contributed by atoms with Crippen molar-refractivity contribution in [1.82, 2.24) is 10.3 Å². The van der Waals surface area contributed by atoms with Gasteiger partial charge >= 0.3 is 5.97 Å². The van der Waals surface area contributed by atoms with Crippen LogP contribution in [0.4, 0.5) is 0 Å². The first kappa shape index (κ1) is 19.1. The molecular formula is C19H21BrN2O3. The van der Waals surface area contributed by atoms with Gasteiger partial charge in [-0.25, -0.2) is 4.79 Å². The maximum Gasteiger partial charge on any atom is 0.331 e. The molecule has 0 fully saturated rings. The van der Waals surface area contributed by atoms with Crippen molar-refractivity contribution in [2.24, 2.45) is 0 Å². The Morgan fingerprint density at radius 3 is 2.56 bits per heavy atom. The molecule has 5 nitrogen and oxygen atoms in total. The van der Waals surface area contributed by atoms with Gasteiger partial charge in [0, 0.05) is 10.0 Å². The van der Waals surface area contributed by atoms with E-state index >= 15 is 0 Å². The number of hydrogen-bond acceptors (Lipinski definition) is 4. The molecule has 2 rings (SSSR count). The molecule has 6 heteroatoms. The van der Waals surface area contributed by atoms with Gasteiger partial charge < -0.3 is 10.1 Å². The topological polar surface area (TPSA) is 68.3 Å². The third kappa shape index (κ3) is 4.25. The predicted molar refractivity (Wildman–Crippen MR) is 100 cm³/mol. The van der Waals surface area contributed by atoms with Crippen molar-refractivity contribution in [3.63, 3.8) is 0 Å². The van der Waals surface area contributed by atoms with Gasteiger partial charge in [-0.05, 0) is 44.5 Å². The Bertz CT molecular complexity index is 807. The molecule has 0 saturated carbocycles. The SMILES string of the molecule is CCC(C)(NC(=O)c1ccc(-c2cccc(Br)c2)nc1C)C(=O)OC. The fraction of sp³-hybridized carbons (Fsp3) is 0.316. The number of benzene rings is 1. The van der Waals surface area contributed by atoms with Gasteiger partial charge in [-0.15, -0.1) is 0 Å². The Morgan fingerprint density at radius 2 is 2.00 bits per heavy atom. The highest BCUT2D eigenvalue weighted by atomic mass is 79.9. The summed E-state index contributed by atoms with van der Waals surface area (Å²) in [6, 6.07) is 11.3. The van der Waals surface area contributed by atoms with Crippen molar-refractivity contribution >= 4 is 27.8 Å². The van der Waals surface area contributed by atoms with Crippen molar-refractivity contribution in [3.05, 3.63) is 52.1 Å². The molecule has 1 amide bonds. The van der Waals surface area contributed by atoms with Gasteiger partial charge in [-0.2, -0.15) is 0 Å². The first-order valence-corrected chi connectivity index (χ1v) is 8.74. The molecule has 0 aliphatic rings. The summed E-state index contributed by atoms with van der Waals surface area (Å²) < 4.78 is 5.75. The number of rotatable bonds is 5. The van der Waals surface area contributed by atoms with E-state index < -0.39 is 11.5 Å². The molecule has 2 aromatic rings. The summed E-state index contributed by atoms with van der Waals surface area (Å²) in [7, 11) is 1.31. The highest BCUT2D eigenvalue weighted by Crippen LogP contribution is 2.23. The fourth-order valence-corrected chi connectivity index (χ4v) is 2.84. The predicted octanol–water partition coefficient (Wildman–Crippen LogP) is 3.89. The zero-order chi connectivity index (χ0) is 18.6. The highest BCUT2D eigenvalue weighted by Gasteiger charge is 2.34. The van der Waals surface area contributed by atoms with Crippen LogP contribution >= 0.6 is 15.9 Å². The van der Waals surface area contributed by atoms with Crippen LogP contribution in [0.15, 0.2) is 40.9 Å². The quantitative estimate of drug-likeness (QED) is 0.767. The second kappa shape index (κ2) is 7.78. The number of pyridine rings is 1. The second-order valence-electron chi connectivity index (χ2n) is 5.97. The summed E-state index contributed by atoms with van der Waals surface area (Å²) in [5, 5.41) is 2.76. The lowest BCUT2D eigenvalue weighted by molar-refractivity contribution is -0.147. The molecule has 132 valence electrons. The Hall–Kier alpha value is -2.21. The van der Waals surface area contributed by atoms with E-state index in [4.69, 9.17) is 4.74 Å². The van der Waals surface area contributed by atoms with Gasteiger partial charge in [0.05, 0.1) is 24.1 Å². The average molecular weight is 405 g/mol. The van der Waals surface area contributed by atoms with E-state index in [0.717, 1.165) is 15.7 Å². The summed E-state index contributed by atoms with van der Waals surface area (Å²) in [6.07, 6.45) is 0.425. The number of hydrogen-bond donors (Lipinski definition) is 1. The zero-order valence-electron chi connectivity index (χ0n) is 14.7. The average Bonchev–Trinajstić information content (AvgIpc) is 2.60. The zero-order valence-corrected chi connectivity index (χ0v) is 16.3. The molecular weight excluding hydrogens is 384 g/mol. The summed E-state index contributed by atoms with van der Waals surface area (Å²) >= 11 is 3.44. The van der Waals surface area contributed by atoms with Crippen LogP contribution < -0.4 is 5.32 Å². The normalized spacial score (nSPS) is 13.0. The lowest BCUT2D eigenvalue weighted by Gasteiger charge is -2.26. The molecule has 0 saturated heterocycles. The number of carbonyl (C=O) groups is 2. The number of methoxy groups -OCH3 is 1. The Morgan fingerprint density at radius 1 is 1.28 bits per heavy atom. The summed E-state index contributed by atoms with van der Waals surface area (Å²) in [6.45, 7) is 5.24.